The molecule has 0 spiro atoms. The van der Waals surface area contributed by atoms with E-state index < -0.39 is 10.4 Å². The summed E-state index contributed by atoms with van der Waals surface area (Å²) >= 11 is 0. The van der Waals surface area contributed by atoms with Gasteiger partial charge in [-0.1, -0.05) is 0 Å². The normalized spacial score (nSPS) is 8.29. The van der Waals surface area contributed by atoms with Crippen molar-refractivity contribution in [2.45, 2.75) is 0 Å². The van der Waals surface area contributed by atoms with E-state index in [2.05, 4.69) is 0 Å². The van der Waals surface area contributed by atoms with Crippen molar-refractivity contribution < 1.29 is 42.5 Å². The van der Waals surface area contributed by atoms with Crippen molar-refractivity contribution in [3.63, 3.8) is 0 Å². The minimum Gasteiger partial charge on any atom is -1.00 e. The standard InChI is InChI=1S/FH.Li.H2O4S.H/c;;1-5(2,3)4;/h1H;;(H2,1,2,3,4);/q;+1;;-1. The van der Waals surface area contributed by atoms with Gasteiger partial charge in [0.1, 0.15) is 0 Å². The Hall–Kier alpha value is 0.397. The molecule has 0 aliphatic carbocycles. The van der Waals surface area contributed by atoms with Crippen molar-refractivity contribution in [1.82, 2.24) is 0 Å². The maximum absolute atomic E-state index is 8.74. The maximum Gasteiger partial charge on any atom is 1.00 e. The third-order valence-electron chi connectivity index (χ3n) is 0. The van der Waals surface area contributed by atoms with Crippen molar-refractivity contribution >= 4 is 10.4 Å². The van der Waals surface area contributed by atoms with E-state index in [1.54, 1.807) is 0 Å². The topological polar surface area (TPSA) is 74.6 Å². The zero-order chi connectivity index (χ0) is 4.50. The summed E-state index contributed by atoms with van der Waals surface area (Å²) in [5, 5.41) is 0. The van der Waals surface area contributed by atoms with Crippen LogP contribution in [0.5, 0.6) is 0 Å². The average molecular weight is 126 g/mol. The van der Waals surface area contributed by atoms with Crippen molar-refractivity contribution in [2.24, 2.45) is 0 Å². The summed E-state index contributed by atoms with van der Waals surface area (Å²) in [5.74, 6) is 0. The van der Waals surface area contributed by atoms with E-state index in [1.807, 2.05) is 0 Å². The van der Waals surface area contributed by atoms with Gasteiger partial charge in [0, 0.05) is 0 Å². The zero-order valence-corrected chi connectivity index (χ0v) is 4.34. The van der Waals surface area contributed by atoms with E-state index in [0.717, 1.165) is 0 Å². The first-order valence-electron chi connectivity index (χ1n) is 0.698. The van der Waals surface area contributed by atoms with E-state index in [4.69, 9.17) is 17.5 Å². The fourth-order valence-corrected chi connectivity index (χ4v) is 0. The van der Waals surface area contributed by atoms with Gasteiger partial charge < -0.3 is 1.43 Å². The molecule has 2 N–H and O–H groups in total. The van der Waals surface area contributed by atoms with Gasteiger partial charge in [-0.05, 0) is 0 Å². The molecule has 0 unspecified atom stereocenters. The Balaban J connectivity index is -0.0000000267. The number of rotatable bonds is 0. The first-order valence-corrected chi connectivity index (χ1v) is 2.10. The molecule has 0 fully saturated rings. The van der Waals surface area contributed by atoms with E-state index in [-0.39, 0.29) is 25.0 Å². The van der Waals surface area contributed by atoms with Crippen LogP contribution in [-0.4, -0.2) is 17.5 Å². The first kappa shape index (κ1) is 15.7. The largest absolute Gasteiger partial charge is 1.00 e. The number of hydrogen-bond donors (Lipinski definition) is 2. The second-order valence-corrected chi connectivity index (χ2v) is 1.34. The third kappa shape index (κ3) is 783. The van der Waals surface area contributed by atoms with Gasteiger partial charge in [0.05, 0.1) is 0 Å². The van der Waals surface area contributed by atoms with Crippen molar-refractivity contribution in [3.8, 4) is 0 Å². The fraction of sp³-hybridized carbons (Fsp3) is 0. The Labute approximate surface area is 53.5 Å². The van der Waals surface area contributed by atoms with Gasteiger partial charge >= 0.3 is 29.3 Å². The Kier molecular flexibility index (Phi) is 10.2. The maximum atomic E-state index is 8.74. The molecule has 7 heteroatoms. The van der Waals surface area contributed by atoms with Crippen LogP contribution in [0.4, 0.5) is 4.70 Å². The summed E-state index contributed by atoms with van der Waals surface area (Å²) < 4.78 is 31.6. The minimum atomic E-state index is -4.67. The van der Waals surface area contributed by atoms with E-state index in [0.29, 0.717) is 0 Å². The van der Waals surface area contributed by atoms with Crippen LogP contribution in [0.25, 0.3) is 0 Å². The number of halogens is 1. The van der Waals surface area contributed by atoms with Gasteiger partial charge in [-0.25, -0.2) is 0 Å². The summed E-state index contributed by atoms with van der Waals surface area (Å²) in [6.45, 7) is 0. The molecule has 0 saturated carbocycles. The van der Waals surface area contributed by atoms with Crippen LogP contribution in [0.3, 0.4) is 0 Å². The van der Waals surface area contributed by atoms with Crippen molar-refractivity contribution in [2.75, 3.05) is 0 Å². The molecule has 0 radical (unpaired) electrons. The molecule has 0 aliphatic heterocycles. The SMILES string of the molecule is F.O=S(=O)(O)O.[H-].[Li+]. The third-order valence-corrected chi connectivity index (χ3v) is 0. The molecule has 0 aromatic heterocycles. The molecule has 0 saturated heterocycles. The van der Waals surface area contributed by atoms with Gasteiger partial charge in [0.2, 0.25) is 0 Å². The van der Waals surface area contributed by atoms with E-state index in [1.165, 1.54) is 0 Å². The molecule has 0 aliphatic rings. The van der Waals surface area contributed by atoms with Crippen LogP contribution in [0.1, 0.15) is 1.43 Å². The molecule has 7 heavy (non-hydrogen) atoms. The summed E-state index contributed by atoms with van der Waals surface area (Å²) in [7, 11) is -4.67. The predicted molar refractivity (Wildman–Crippen MR) is 17.8 cm³/mol. The average Bonchev–Trinajstić information content (AvgIpc) is 0.722. The van der Waals surface area contributed by atoms with Crippen LogP contribution < -0.4 is 18.9 Å². The fourth-order valence-electron chi connectivity index (χ4n) is 0. The van der Waals surface area contributed by atoms with E-state index in [9.17, 15) is 0 Å². The molecule has 0 heterocycles. The molecular weight excluding hydrogens is 122 g/mol. The van der Waals surface area contributed by atoms with E-state index >= 15 is 0 Å². The monoisotopic (exact) mass is 126 g/mol. The second-order valence-electron chi connectivity index (χ2n) is 0.448. The number of hydrogen-bond acceptors (Lipinski definition) is 2. The minimum absolute atomic E-state index is 0. The van der Waals surface area contributed by atoms with Gasteiger partial charge in [-0.15, -0.1) is 0 Å². The molecule has 0 aromatic rings. The van der Waals surface area contributed by atoms with Crippen LogP contribution >= 0.6 is 0 Å². The predicted octanol–water partition coefficient (Wildman–Crippen LogP) is -3.38. The molecular formula is H4FLiO4S. The zero-order valence-electron chi connectivity index (χ0n) is 4.53. The Morgan fingerprint density at radius 1 is 1.29 bits per heavy atom. The molecule has 42 valence electrons. The second kappa shape index (κ2) is 4.55. The van der Waals surface area contributed by atoms with Crippen LogP contribution in [0.15, 0.2) is 0 Å². The summed E-state index contributed by atoms with van der Waals surface area (Å²) in [6.07, 6.45) is 0. The Morgan fingerprint density at radius 3 is 1.29 bits per heavy atom. The van der Waals surface area contributed by atoms with Gasteiger partial charge in [0.15, 0.2) is 0 Å². The molecule has 0 aromatic carbocycles. The Bertz CT molecular complexity index is 99.2. The van der Waals surface area contributed by atoms with Crippen molar-refractivity contribution in [3.05, 3.63) is 0 Å². The van der Waals surface area contributed by atoms with Crippen LogP contribution in [0, 0.1) is 0 Å². The van der Waals surface area contributed by atoms with Gasteiger partial charge in [-0.3, -0.25) is 13.8 Å². The molecule has 0 atom stereocenters. The summed E-state index contributed by atoms with van der Waals surface area (Å²) in [5.41, 5.74) is 0. The summed E-state index contributed by atoms with van der Waals surface area (Å²) in [4.78, 5) is 0. The van der Waals surface area contributed by atoms with Crippen LogP contribution in [-0.2, 0) is 10.4 Å². The smallest absolute Gasteiger partial charge is 1.00 e. The molecule has 0 rings (SSSR count). The Morgan fingerprint density at radius 2 is 1.29 bits per heavy atom. The quantitative estimate of drug-likeness (QED) is 0.262. The molecule has 4 nitrogen and oxygen atoms in total. The molecule has 0 amide bonds. The first-order chi connectivity index (χ1) is 2.00. The van der Waals surface area contributed by atoms with Gasteiger partial charge in [0.25, 0.3) is 0 Å². The van der Waals surface area contributed by atoms with Crippen molar-refractivity contribution in [1.29, 1.82) is 0 Å². The molecule has 0 bridgehead atoms. The summed E-state index contributed by atoms with van der Waals surface area (Å²) in [6, 6.07) is 0. The van der Waals surface area contributed by atoms with Gasteiger partial charge in [-0.2, -0.15) is 8.42 Å². The van der Waals surface area contributed by atoms with Crippen LogP contribution in [0.2, 0.25) is 0 Å².